The van der Waals surface area contributed by atoms with E-state index in [1.807, 2.05) is 47.6 Å². The number of pyridine rings is 1. The number of rotatable bonds is 9. The first kappa shape index (κ1) is 23.1. The maximum atomic E-state index is 13.4. The van der Waals surface area contributed by atoms with Crippen LogP contribution in [0.15, 0.2) is 73.0 Å². The number of anilines is 1. The van der Waals surface area contributed by atoms with Gasteiger partial charge in [-0.1, -0.05) is 44.2 Å². The fourth-order valence-electron chi connectivity index (χ4n) is 3.31. The summed E-state index contributed by atoms with van der Waals surface area (Å²) in [5.74, 6) is 0.414. The quantitative estimate of drug-likeness (QED) is 0.591. The van der Waals surface area contributed by atoms with Crippen molar-refractivity contribution >= 4 is 17.7 Å². The number of hydrogen-bond donors (Lipinski definition) is 1. The molecule has 0 unspecified atom stereocenters. The zero-order valence-corrected chi connectivity index (χ0v) is 18.8. The molecule has 0 fully saturated rings. The fraction of sp³-hybridized carbons (Fsp3) is 0.320. The highest BCUT2D eigenvalue weighted by atomic mass is 16.5. The number of aromatic nitrogens is 1. The molecule has 7 nitrogen and oxygen atoms in total. The van der Waals surface area contributed by atoms with E-state index in [0.29, 0.717) is 29.5 Å². The van der Waals surface area contributed by atoms with Gasteiger partial charge in [-0.3, -0.25) is 14.5 Å². The van der Waals surface area contributed by atoms with Crippen LogP contribution in [0.25, 0.3) is 0 Å². The third-order valence-corrected chi connectivity index (χ3v) is 5.06. The van der Waals surface area contributed by atoms with Gasteiger partial charge in [-0.25, -0.2) is 4.98 Å². The first-order valence-corrected chi connectivity index (χ1v) is 10.8. The lowest BCUT2D eigenvalue weighted by Crippen LogP contribution is -2.32. The van der Waals surface area contributed by atoms with Gasteiger partial charge in [0.1, 0.15) is 5.82 Å². The number of amides is 1. The van der Waals surface area contributed by atoms with Crippen molar-refractivity contribution in [2.45, 2.75) is 33.2 Å². The molecule has 2 heterocycles. The molecule has 1 amide bonds. The van der Waals surface area contributed by atoms with E-state index in [1.54, 1.807) is 24.5 Å². The third-order valence-electron chi connectivity index (χ3n) is 5.06. The van der Waals surface area contributed by atoms with Crippen LogP contribution in [0.1, 0.15) is 42.6 Å². The van der Waals surface area contributed by atoms with Gasteiger partial charge in [-0.05, 0) is 30.0 Å². The highest BCUT2D eigenvalue weighted by molar-refractivity contribution is 6.00. The van der Waals surface area contributed by atoms with E-state index in [1.165, 1.54) is 12.0 Å². The summed E-state index contributed by atoms with van der Waals surface area (Å²) in [5, 5.41) is 3.27. The number of carbonyl (C=O) groups is 2. The van der Waals surface area contributed by atoms with E-state index in [-0.39, 0.29) is 12.3 Å². The highest BCUT2D eigenvalue weighted by Gasteiger charge is 2.25. The number of methoxy groups -OCH3 is 1. The van der Waals surface area contributed by atoms with E-state index >= 15 is 0 Å². The van der Waals surface area contributed by atoms with Crippen molar-refractivity contribution in [3.63, 3.8) is 0 Å². The summed E-state index contributed by atoms with van der Waals surface area (Å²) in [6, 6.07) is 13.5. The molecule has 0 aliphatic carbocycles. The summed E-state index contributed by atoms with van der Waals surface area (Å²) in [6.07, 6.45) is 7.93. The molecule has 0 saturated heterocycles. The molecule has 1 aromatic carbocycles. The highest BCUT2D eigenvalue weighted by Crippen LogP contribution is 2.24. The number of esters is 1. The Morgan fingerprint density at radius 3 is 2.59 bits per heavy atom. The number of hydrogen-bond acceptors (Lipinski definition) is 6. The van der Waals surface area contributed by atoms with Gasteiger partial charge in [-0.2, -0.15) is 0 Å². The Morgan fingerprint density at radius 2 is 1.88 bits per heavy atom. The molecule has 1 aliphatic rings. The van der Waals surface area contributed by atoms with Gasteiger partial charge in [0, 0.05) is 37.9 Å². The van der Waals surface area contributed by atoms with Crippen molar-refractivity contribution in [2.75, 3.05) is 19.0 Å². The Bertz CT molecular complexity index is 986. The summed E-state index contributed by atoms with van der Waals surface area (Å²) in [6.45, 7) is 5.64. The first-order valence-electron chi connectivity index (χ1n) is 10.8. The number of nitrogens with one attached hydrogen (secondary N) is 1. The number of ether oxygens (including phenoxy) is 1. The van der Waals surface area contributed by atoms with E-state index in [0.717, 1.165) is 18.5 Å². The zero-order valence-electron chi connectivity index (χ0n) is 18.8. The average molecular weight is 435 g/mol. The second kappa shape index (κ2) is 11.1. The summed E-state index contributed by atoms with van der Waals surface area (Å²) in [4.78, 5) is 33.3. The van der Waals surface area contributed by atoms with Crippen LogP contribution >= 0.6 is 0 Å². The molecule has 1 aromatic heterocycles. The number of carbonyl (C=O) groups excluding carboxylic acids is 2. The van der Waals surface area contributed by atoms with E-state index in [9.17, 15) is 9.59 Å². The average Bonchev–Trinajstić information content (AvgIpc) is 2.79. The van der Waals surface area contributed by atoms with Crippen LogP contribution in [0.5, 0.6) is 0 Å². The molecule has 168 valence electrons. The van der Waals surface area contributed by atoms with Crippen molar-refractivity contribution in [1.82, 2.24) is 14.8 Å². The number of benzene rings is 1. The van der Waals surface area contributed by atoms with E-state index in [2.05, 4.69) is 24.1 Å². The Hall–Kier alpha value is -3.61. The minimum atomic E-state index is -0.412. The molecule has 0 saturated carbocycles. The van der Waals surface area contributed by atoms with Gasteiger partial charge in [0.2, 0.25) is 0 Å². The molecule has 32 heavy (non-hydrogen) atoms. The lowest BCUT2D eigenvalue weighted by Gasteiger charge is -2.29. The van der Waals surface area contributed by atoms with Gasteiger partial charge in [0.25, 0.3) is 5.91 Å². The standard InChI is InChI=1S/C25H30N4O3/c1-19(2)11-13-27-24-22(10-7-12-26-24)25(31)29-15-14-28(17-20-8-5-4-6-9-20)18-21(29)16-23(30)32-3/h4-10,12,14-15,18-19H,11,13,16-17H2,1-3H3,(H,26,27). The zero-order chi connectivity index (χ0) is 22.9. The predicted octanol–water partition coefficient (Wildman–Crippen LogP) is 4.37. The molecular weight excluding hydrogens is 404 g/mol. The summed E-state index contributed by atoms with van der Waals surface area (Å²) in [7, 11) is 1.34. The first-order chi connectivity index (χ1) is 15.5. The molecule has 1 N–H and O–H groups in total. The normalized spacial score (nSPS) is 13.2. The second-order valence-corrected chi connectivity index (χ2v) is 8.01. The van der Waals surface area contributed by atoms with Gasteiger partial charge in [0.05, 0.1) is 24.8 Å². The Labute approximate surface area is 189 Å². The molecule has 0 atom stereocenters. The predicted molar refractivity (Wildman–Crippen MR) is 124 cm³/mol. The SMILES string of the molecule is COC(=O)CC1=CN(Cc2ccccc2)C=CN1C(=O)c1cccnc1NCCC(C)C. The van der Waals surface area contributed by atoms with Crippen molar-refractivity contribution in [2.24, 2.45) is 5.92 Å². The largest absolute Gasteiger partial charge is 0.469 e. The molecule has 1 aliphatic heterocycles. The Balaban J connectivity index is 1.82. The molecule has 0 radical (unpaired) electrons. The second-order valence-electron chi connectivity index (χ2n) is 8.01. The van der Waals surface area contributed by atoms with Gasteiger partial charge in [0.15, 0.2) is 0 Å². The van der Waals surface area contributed by atoms with Crippen LogP contribution in [0.2, 0.25) is 0 Å². The summed E-state index contributed by atoms with van der Waals surface area (Å²) >= 11 is 0. The lowest BCUT2D eigenvalue weighted by atomic mass is 10.1. The van der Waals surface area contributed by atoms with Crippen LogP contribution < -0.4 is 5.32 Å². The molecule has 0 bridgehead atoms. The van der Waals surface area contributed by atoms with Crippen LogP contribution in [0.3, 0.4) is 0 Å². The van der Waals surface area contributed by atoms with E-state index < -0.39 is 5.97 Å². The molecule has 3 rings (SSSR count). The van der Waals surface area contributed by atoms with Crippen molar-refractivity contribution < 1.29 is 14.3 Å². The van der Waals surface area contributed by atoms with Crippen LogP contribution in [0.4, 0.5) is 5.82 Å². The lowest BCUT2D eigenvalue weighted by molar-refractivity contribution is -0.140. The summed E-state index contributed by atoms with van der Waals surface area (Å²) in [5.41, 5.74) is 2.11. The minimum Gasteiger partial charge on any atom is -0.469 e. The van der Waals surface area contributed by atoms with Crippen LogP contribution in [-0.2, 0) is 16.1 Å². The van der Waals surface area contributed by atoms with Gasteiger partial charge in [-0.15, -0.1) is 0 Å². The van der Waals surface area contributed by atoms with Crippen LogP contribution in [-0.4, -0.2) is 40.3 Å². The molecule has 7 heteroatoms. The maximum absolute atomic E-state index is 13.4. The van der Waals surface area contributed by atoms with Crippen molar-refractivity contribution in [1.29, 1.82) is 0 Å². The fourth-order valence-corrected chi connectivity index (χ4v) is 3.31. The van der Waals surface area contributed by atoms with Crippen LogP contribution in [0, 0.1) is 5.92 Å². The third kappa shape index (κ3) is 6.20. The van der Waals surface area contributed by atoms with Gasteiger partial charge >= 0.3 is 5.97 Å². The molecule has 0 spiro atoms. The Morgan fingerprint density at radius 1 is 1.09 bits per heavy atom. The smallest absolute Gasteiger partial charge is 0.311 e. The van der Waals surface area contributed by atoms with Crippen molar-refractivity contribution in [3.05, 3.63) is 84.1 Å². The van der Waals surface area contributed by atoms with Crippen molar-refractivity contribution in [3.8, 4) is 0 Å². The maximum Gasteiger partial charge on any atom is 0.311 e. The Kier molecular flexibility index (Phi) is 8.02. The molecule has 2 aromatic rings. The summed E-state index contributed by atoms with van der Waals surface area (Å²) < 4.78 is 4.85. The van der Waals surface area contributed by atoms with Gasteiger partial charge < -0.3 is 15.0 Å². The monoisotopic (exact) mass is 434 g/mol. The number of nitrogens with zero attached hydrogens (tertiary/aromatic N) is 3. The van der Waals surface area contributed by atoms with E-state index in [4.69, 9.17) is 4.74 Å². The minimum absolute atomic E-state index is 0.0196. The molecular formula is C25H30N4O3. The topological polar surface area (TPSA) is 74.8 Å².